The normalized spacial score (nSPS) is 23.2. The largest absolute Gasteiger partial charge is 0.444 e. The van der Waals surface area contributed by atoms with Gasteiger partial charge in [0.05, 0.1) is 12.7 Å². The average molecular weight is 223 g/mol. The minimum atomic E-state index is 0.558. The van der Waals surface area contributed by atoms with Crippen LogP contribution in [-0.4, -0.2) is 35.6 Å². The fraction of sp³-hybridized carbons (Fsp3) is 0.750. The molecule has 1 N–H and O–H groups in total. The van der Waals surface area contributed by atoms with Crippen LogP contribution < -0.4 is 5.32 Å². The third kappa shape index (κ3) is 3.06. The number of oxazole rings is 1. The van der Waals surface area contributed by atoms with Gasteiger partial charge in [-0.1, -0.05) is 6.92 Å². The predicted octanol–water partition coefficient (Wildman–Crippen LogP) is 1.42. The standard InChI is InChI=1S/C12H21N3O/c1-3-11-7-14-12(16-11)9-15-6-4-5-13-10(2)8-15/h7,10,13H,3-6,8-9H2,1-2H3. The number of aryl methyl sites for hydroxylation is 1. The molecule has 16 heavy (non-hydrogen) atoms. The van der Waals surface area contributed by atoms with E-state index in [9.17, 15) is 0 Å². The highest BCUT2D eigenvalue weighted by Gasteiger charge is 2.16. The van der Waals surface area contributed by atoms with E-state index in [1.54, 1.807) is 0 Å². The van der Waals surface area contributed by atoms with Gasteiger partial charge >= 0.3 is 0 Å². The summed E-state index contributed by atoms with van der Waals surface area (Å²) in [6, 6.07) is 0.558. The van der Waals surface area contributed by atoms with Crippen LogP contribution in [0.4, 0.5) is 0 Å². The zero-order valence-electron chi connectivity index (χ0n) is 10.2. The summed E-state index contributed by atoms with van der Waals surface area (Å²) in [6.07, 6.45) is 3.96. The van der Waals surface area contributed by atoms with Crippen molar-refractivity contribution in [1.29, 1.82) is 0 Å². The quantitative estimate of drug-likeness (QED) is 0.841. The lowest BCUT2D eigenvalue weighted by Gasteiger charge is -2.20. The van der Waals surface area contributed by atoms with Gasteiger partial charge in [0.15, 0.2) is 0 Å². The van der Waals surface area contributed by atoms with E-state index in [4.69, 9.17) is 4.42 Å². The number of hydrogen-bond acceptors (Lipinski definition) is 4. The van der Waals surface area contributed by atoms with Gasteiger partial charge in [-0.25, -0.2) is 4.98 Å². The predicted molar refractivity (Wildman–Crippen MR) is 63.2 cm³/mol. The van der Waals surface area contributed by atoms with E-state index in [2.05, 4.69) is 29.0 Å². The molecule has 1 aliphatic heterocycles. The average Bonchev–Trinajstić information content (AvgIpc) is 2.62. The van der Waals surface area contributed by atoms with Crippen LogP contribution in [-0.2, 0) is 13.0 Å². The molecule has 0 radical (unpaired) electrons. The zero-order valence-corrected chi connectivity index (χ0v) is 10.2. The second-order valence-corrected chi connectivity index (χ2v) is 4.52. The SMILES string of the molecule is CCc1cnc(CN2CCCNC(C)C2)o1. The molecule has 1 aromatic rings. The van der Waals surface area contributed by atoms with Crippen LogP contribution in [0.25, 0.3) is 0 Å². The molecular weight excluding hydrogens is 202 g/mol. The maximum absolute atomic E-state index is 5.64. The Morgan fingerprint density at radius 2 is 2.50 bits per heavy atom. The first-order valence-corrected chi connectivity index (χ1v) is 6.17. The molecule has 1 saturated heterocycles. The number of hydrogen-bond donors (Lipinski definition) is 1. The van der Waals surface area contributed by atoms with Crippen LogP contribution >= 0.6 is 0 Å². The molecular formula is C12H21N3O. The van der Waals surface area contributed by atoms with Gasteiger partial charge in [0, 0.05) is 19.0 Å². The number of nitrogens with zero attached hydrogens (tertiary/aromatic N) is 2. The Morgan fingerprint density at radius 3 is 3.25 bits per heavy atom. The molecule has 1 unspecified atom stereocenters. The summed E-state index contributed by atoms with van der Waals surface area (Å²) in [5.74, 6) is 1.84. The van der Waals surface area contributed by atoms with Crippen molar-refractivity contribution in [2.75, 3.05) is 19.6 Å². The van der Waals surface area contributed by atoms with Crippen molar-refractivity contribution in [3.8, 4) is 0 Å². The Balaban J connectivity index is 1.92. The Labute approximate surface area is 97.0 Å². The summed E-state index contributed by atoms with van der Waals surface area (Å²) in [7, 11) is 0. The first-order valence-electron chi connectivity index (χ1n) is 6.17. The van der Waals surface area contributed by atoms with Crippen LogP contribution in [0.5, 0.6) is 0 Å². The number of rotatable bonds is 3. The molecule has 1 aromatic heterocycles. The molecule has 2 rings (SSSR count). The minimum absolute atomic E-state index is 0.558. The third-order valence-electron chi connectivity index (χ3n) is 2.98. The molecule has 2 heterocycles. The smallest absolute Gasteiger partial charge is 0.208 e. The Kier molecular flexibility index (Phi) is 3.96. The Morgan fingerprint density at radius 1 is 1.62 bits per heavy atom. The van der Waals surface area contributed by atoms with Crippen molar-refractivity contribution in [2.24, 2.45) is 0 Å². The molecule has 0 bridgehead atoms. The first-order chi connectivity index (χ1) is 7.78. The highest BCUT2D eigenvalue weighted by Crippen LogP contribution is 2.09. The van der Waals surface area contributed by atoms with Crippen molar-refractivity contribution in [1.82, 2.24) is 15.2 Å². The van der Waals surface area contributed by atoms with Gasteiger partial charge < -0.3 is 9.73 Å². The third-order valence-corrected chi connectivity index (χ3v) is 2.98. The molecule has 1 atom stereocenters. The summed E-state index contributed by atoms with van der Waals surface area (Å²) in [5.41, 5.74) is 0. The van der Waals surface area contributed by atoms with Gasteiger partial charge in [0.2, 0.25) is 5.89 Å². The summed E-state index contributed by atoms with van der Waals surface area (Å²) in [5, 5.41) is 3.48. The monoisotopic (exact) mass is 223 g/mol. The van der Waals surface area contributed by atoms with Gasteiger partial charge in [-0.05, 0) is 26.4 Å². The van der Waals surface area contributed by atoms with Crippen LogP contribution in [0.1, 0.15) is 31.9 Å². The topological polar surface area (TPSA) is 41.3 Å². The summed E-state index contributed by atoms with van der Waals surface area (Å²) in [6.45, 7) is 8.47. The van der Waals surface area contributed by atoms with Gasteiger partial charge in [0.25, 0.3) is 0 Å². The van der Waals surface area contributed by atoms with E-state index >= 15 is 0 Å². The van der Waals surface area contributed by atoms with Gasteiger partial charge in [-0.2, -0.15) is 0 Å². The van der Waals surface area contributed by atoms with Gasteiger partial charge in [-0.3, -0.25) is 4.90 Å². The van der Waals surface area contributed by atoms with Gasteiger partial charge in [-0.15, -0.1) is 0 Å². The van der Waals surface area contributed by atoms with E-state index in [0.29, 0.717) is 6.04 Å². The molecule has 0 spiro atoms. The molecule has 0 amide bonds. The summed E-state index contributed by atoms with van der Waals surface area (Å²) < 4.78 is 5.64. The first kappa shape index (κ1) is 11.6. The van der Waals surface area contributed by atoms with E-state index in [-0.39, 0.29) is 0 Å². The Hall–Kier alpha value is -0.870. The number of nitrogens with one attached hydrogen (secondary N) is 1. The molecule has 0 aromatic carbocycles. The molecule has 1 aliphatic rings. The van der Waals surface area contributed by atoms with E-state index < -0.39 is 0 Å². The van der Waals surface area contributed by atoms with Crippen molar-refractivity contribution in [2.45, 2.75) is 39.3 Å². The summed E-state index contributed by atoms with van der Waals surface area (Å²) >= 11 is 0. The lowest BCUT2D eigenvalue weighted by Crippen LogP contribution is -2.35. The van der Waals surface area contributed by atoms with E-state index in [1.165, 1.54) is 6.42 Å². The van der Waals surface area contributed by atoms with E-state index in [1.807, 2.05) is 6.20 Å². The van der Waals surface area contributed by atoms with Crippen molar-refractivity contribution < 1.29 is 4.42 Å². The molecule has 0 saturated carbocycles. The lowest BCUT2D eigenvalue weighted by atomic mass is 10.3. The maximum atomic E-state index is 5.64. The van der Waals surface area contributed by atoms with E-state index in [0.717, 1.165) is 44.3 Å². The molecule has 4 heteroatoms. The fourth-order valence-corrected chi connectivity index (χ4v) is 2.11. The van der Waals surface area contributed by atoms with Crippen molar-refractivity contribution in [3.63, 3.8) is 0 Å². The van der Waals surface area contributed by atoms with Crippen LogP contribution in [0, 0.1) is 0 Å². The van der Waals surface area contributed by atoms with Crippen LogP contribution in [0.15, 0.2) is 10.6 Å². The van der Waals surface area contributed by atoms with Crippen LogP contribution in [0.2, 0.25) is 0 Å². The molecule has 90 valence electrons. The van der Waals surface area contributed by atoms with Crippen molar-refractivity contribution in [3.05, 3.63) is 17.8 Å². The highest BCUT2D eigenvalue weighted by molar-refractivity contribution is 4.93. The molecule has 1 fully saturated rings. The summed E-state index contributed by atoms with van der Waals surface area (Å²) in [4.78, 5) is 6.72. The maximum Gasteiger partial charge on any atom is 0.208 e. The minimum Gasteiger partial charge on any atom is -0.444 e. The number of aromatic nitrogens is 1. The molecule has 4 nitrogen and oxygen atoms in total. The Bertz CT molecular complexity index is 324. The second kappa shape index (κ2) is 5.46. The highest BCUT2D eigenvalue weighted by atomic mass is 16.4. The van der Waals surface area contributed by atoms with Crippen molar-refractivity contribution >= 4 is 0 Å². The van der Waals surface area contributed by atoms with Gasteiger partial charge in [0.1, 0.15) is 5.76 Å². The van der Waals surface area contributed by atoms with Crippen LogP contribution in [0.3, 0.4) is 0 Å². The lowest BCUT2D eigenvalue weighted by molar-refractivity contribution is 0.236. The molecule has 0 aliphatic carbocycles. The zero-order chi connectivity index (χ0) is 11.4. The fourth-order valence-electron chi connectivity index (χ4n) is 2.11. The second-order valence-electron chi connectivity index (χ2n) is 4.52.